The number of unbranched alkanes of at least 4 members (excludes halogenated alkanes) is 1. The van der Waals surface area contributed by atoms with Crippen LogP contribution in [-0.2, 0) is 17.7 Å². The van der Waals surface area contributed by atoms with Gasteiger partial charge in [0, 0.05) is 24.6 Å². The van der Waals surface area contributed by atoms with Crippen molar-refractivity contribution in [2.24, 2.45) is 4.99 Å². The van der Waals surface area contributed by atoms with Crippen molar-refractivity contribution < 1.29 is 4.74 Å². The topological polar surface area (TPSA) is 45.7 Å². The van der Waals surface area contributed by atoms with Crippen LogP contribution in [0.25, 0.3) is 0 Å². The third-order valence-electron chi connectivity index (χ3n) is 3.70. The minimum Gasteiger partial charge on any atom is -0.381 e. The number of ether oxygens (including phenoxy) is 1. The van der Waals surface area contributed by atoms with Gasteiger partial charge >= 0.3 is 0 Å². The summed E-state index contributed by atoms with van der Waals surface area (Å²) in [5, 5.41) is 8.76. The molecule has 0 unspecified atom stereocenters. The number of hydrogen-bond donors (Lipinski definition) is 2. The maximum Gasteiger partial charge on any atom is 0.191 e. The molecule has 0 aliphatic carbocycles. The lowest BCUT2D eigenvalue weighted by molar-refractivity contribution is 0.133. The third kappa shape index (κ3) is 8.70. The highest BCUT2D eigenvalue weighted by Crippen LogP contribution is 2.09. The first-order valence-corrected chi connectivity index (χ1v) is 9.92. The van der Waals surface area contributed by atoms with Crippen LogP contribution >= 0.6 is 11.3 Å². The maximum absolute atomic E-state index is 5.72. The fourth-order valence-electron chi connectivity index (χ4n) is 2.37. The van der Waals surface area contributed by atoms with E-state index in [2.05, 4.69) is 64.3 Å². The molecule has 0 radical (unpaired) electrons. The number of nitrogens with one attached hydrogen (secondary N) is 2. The number of aliphatic imine (C=N–C) groups is 1. The Bertz CT molecular complexity index is 584. The number of guanidine groups is 1. The minimum absolute atomic E-state index is 0.732. The molecule has 0 amide bonds. The molecule has 2 aromatic rings. The molecule has 1 aromatic carbocycles. The fraction of sp³-hybridized carbons (Fsp3) is 0.450. The van der Waals surface area contributed by atoms with Crippen LogP contribution in [0.2, 0.25) is 0 Å². The molecule has 25 heavy (non-hydrogen) atoms. The van der Waals surface area contributed by atoms with Gasteiger partial charge in [0.05, 0.1) is 13.2 Å². The fourth-order valence-corrected chi connectivity index (χ4v) is 3.00. The van der Waals surface area contributed by atoms with Crippen LogP contribution in [0.5, 0.6) is 0 Å². The lowest BCUT2D eigenvalue weighted by Gasteiger charge is -2.11. The summed E-state index contributed by atoms with van der Waals surface area (Å²) in [4.78, 5) is 5.89. The van der Waals surface area contributed by atoms with Crippen molar-refractivity contribution in [2.75, 3.05) is 26.3 Å². The Labute approximate surface area is 155 Å². The van der Waals surface area contributed by atoms with Gasteiger partial charge in [-0.15, -0.1) is 11.3 Å². The molecule has 1 aromatic heterocycles. The summed E-state index contributed by atoms with van der Waals surface area (Å²) in [5.74, 6) is 0.890. The molecule has 1 heterocycles. The van der Waals surface area contributed by atoms with Gasteiger partial charge in [-0.2, -0.15) is 0 Å². The van der Waals surface area contributed by atoms with Gasteiger partial charge in [0.2, 0.25) is 0 Å². The highest BCUT2D eigenvalue weighted by atomic mass is 32.1. The molecular formula is C20H29N3OS. The van der Waals surface area contributed by atoms with Crippen molar-refractivity contribution >= 4 is 17.3 Å². The molecule has 0 aliphatic heterocycles. The van der Waals surface area contributed by atoms with E-state index in [0.29, 0.717) is 0 Å². The van der Waals surface area contributed by atoms with Crippen molar-refractivity contribution in [1.29, 1.82) is 0 Å². The second-order valence-corrected chi connectivity index (χ2v) is 6.79. The summed E-state index contributed by atoms with van der Waals surface area (Å²) in [5.41, 5.74) is 1.33. The van der Waals surface area contributed by atoms with E-state index in [-0.39, 0.29) is 0 Å². The number of rotatable bonds is 11. The molecule has 0 saturated carbocycles. The first-order valence-electron chi connectivity index (χ1n) is 9.04. The van der Waals surface area contributed by atoms with Gasteiger partial charge < -0.3 is 15.4 Å². The molecule has 136 valence electrons. The average Bonchev–Trinajstić information content (AvgIpc) is 3.16. The number of thiophene rings is 1. The Hall–Kier alpha value is -1.85. The Morgan fingerprint density at radius 1 is 1.04 bits per heavy atom. The molecule has 0 atom stereocenters. The van der Waals surface area contributed by atoms with E-state index in [0.717, 1.165) is 58.1 Å². The van der Waals surface area contributed by atoms with Crippen LogP contribution in [-0.4, -0.2) is 32.3 Å². The lowest BCUT2D eigenvalue weighted by atomic mass is 10.2. The van der Waals surface area contributed by atoms with E-state index in [1.54, 1.807) is 11.3 Å². The van der Waals surface area contributed by atoms with Crippen LogP contribution in [0.3, 0.4) is 0 Å². The summed E-state index contributed by atoms with van der Waals surface area (Å²) < 4.78 is 5.72. The second kappa shape index (κ2) is 12.5. The van der Waals surface area contributed by atoms with Gasteiger partial charge in [-0.1, -0.05) is 36.4 Å². The summed E-state index contributed by atoms with van der Waals surface area (Å²) in [7, 11) is 0. The van der Waals surface area contributed by atoms with Crippen molar-refractivity contribution in [3.63, 3.8) is 0 Å². The van der Waals surface area contributed by atoms with E-state index in [1.165, 1.54) is 10.4 Å². The van der Waals surface area contributed by atoms with Crippen LogP contribution < -0.4 is 10.6 Å². The van der Waals surface area contributed by atoms with E-state index in [4.69, 9.17) is 4.74 Å². The molecule has 0 aliphatic rings. The Balaban J connectivity index is 1.52. The maximum atomic E-state index is 5.72. The normalized spacial score (nSPS) is 11.5. The monoisotopic (exact) mass is 359 g/mol. The quantitative estimate of drug-likeness (QED) is 0.364. The highest BCUT2D eigenvalue weighted by molar-refractivity contribution is 7.09. The smallest absolute Gasteiger partial charge is 0.191 e. The second-order valence-electron chi connectivity index (χ2n) is 5.76. The summed E-state index contributed by atoms with van der Waals surface area (Å²) >= 11 is 1.74. The highest BCUT2D eigenvalue weighted by Gasteiger charge is 1.98. The molecule has 0 saturated heterocycles. The van der Waals surface area contributed by atoms with Crippen LogP contribution in [0.15, 0.2) is 52.8 Å². The van der Waals surface area contributed by atoms with Gasteiger partial charge in [0.25, 0.3) is 0 Å². The predicted molar refractivity (Wildman–Crippen MR) is 107 cm³/mol. The zero-order chi connectivity index (χ0) is 17.6. The minimum atomic E-state index is 0.732. The lowest BCUT2D eigenvalue weighted by Crippen LogP contribution is -2.37. The molecule has 0 bridgehead atoms. The number of hydrogen-bond acceptors (Lipinski definition) is 3. The largest absolute Gasteiger partial charge is 0.381 e. The molecule has 0 spiro atoms. The summed E-state index contributed by atoms with van der Waals surface area (Å²) in [6.07, 6.45) is 3.12. The standard InChI is InChI=1S/C20H29N3OS/c1-2-21-20(23-17-19-11-8-16-25-19)22-13-6-7-14-24-15-12-18-9-4-3-5-10-18/h3-5,8-11,16H,2,6-7,12-15,17H2,1H3,(H2,21,22,23). The molecule has 5 heteroatoms. The third-order valence-corrected chi connectivity index (χ3v) is 4.56. The van der Waals surface area contributed by atoms with E-state index in [1.807, 2.05) is 6.07 Å². The van der Waals surface area contributed by atoms with Gasteiger partial charge in [-0.3, -0.25) is 0 Å². The van der Waals surface area contributed by atoms with Crippen LogP contribution in [0.4, 0.5) is 0 Å². The van der Waals surface area contributed by atoms with Crippen LogP contribution in [0.1, 0.15) is 30.2 Å². The zero-order valence-electron chi connectivity index (χ0n) is 15.0. The van der Waals surface area contributed by atoms with Gasteiger partial charge in [-0.25, -0.2) is 4.99 Å². The Morgan fingerprint density at radius 3 is 2.68 bits per heavy atom. The first kappa shape index (κ1) is 19.5. The van der Waals surface area contributed by atoms with Gasteiger partial charge in [0.15, 0.2) is 5.96 Å². The van der Waals surface area contributed by atoms with E-state index >= 15 is 0 Å². The number of nitrogens with zero attached hydrogens (tertiary/aromatic N) is 1. The molecular weight excluding hydrogens is 330 g/mol. The first-order chi connectivity index (χ1) is 12.4. The summed E-state index contributed by atoms with van der Waals surface area (Å²) in [6, 6.07) is 14.7. The Kier molecular flexibility index (Phi) is 9.74. The molecule has 2 rings (SSSR count). The van der Waals surface area contributed by atoms with Crippen molar-refractivity contribution in [2.45, 2.75) is 32.7 Å². The molecule has 0 fully saturated rings. The van der Waals surface area contributed by atoms with Crippen molar-refractivity contribution in [1.82, 2.24) is 10.6 Å². The average molecular weight is 360 g/mol. The molecule has 2 N–H and O–H groups in total. The van der Waals surface area contributed by atoms with Gasteiger partial charge in [-0.05, 0) is 43.2 Å². The van der Waals surface area contributed by atoms with E-state index < -0.39 is 0 Å². The van der Waals surface area contributed by atoms with Crippen molar-refractivity contribution in [3.05, 3.63) is 58.3 Å². The van der Waals surface area contributed by atoms with Crippen molar-refractivity contribution in [3.8, 4) is 0 Å². The summed E-state index contributed by atoms with van der Waals surface area (Å²) in [6.45, 7) is 6.22. The van der Waals surface area contributed by atoms with Crippen LogP contribution in [0, 0.1) is 0 Å². The molecule has 4 nitrogen and oxygen atoms in total. The number of benzene rings is 1. The predicted octanol–water partition coefficient (Wildman–Crippen LogP) is 3.84. The van der Waals surface area contributed by atoms with Gasteiger partial charge in [0.1, 0.15) is 0 Å². The van der Waals surface area contributed by atoms with E-state index in [9.17, 15) is 0 Å². The SMILES string of the molecule is CCNC(=NCc1cccs1)NCCCCOCCc1ccccc1. The zero-order valence-corrected chi connectivity index (χ0v) is 15.9. The Morgan fingerprint density at radius 2 is 1.92 bits per heavy atom.